The van der Waals surface area contributed by atoms with E-state index < -0.39 is 0 Å². The van der Waals surface area contributed by atoms with Gasteiger partial charge in [0.1, 0.15) is 0 Å². The second-order valence-electron chi connectivity index (χ2n) is 4.93. The van der Waals surface area contributed by atoms with Crippen molar-refractivity contribution in [2.75, 3.05) is 25.1 Å². The van der Waals surface area contributed by atoms with Gasteiger partial charge in [0.25, 0.3) is 0 Å². The number of thiazole rings is 1. The van der Waals surface area contributed by atoms with Gasteiger partial charge in [0.2, 0.25) is 0 Å². The van der Waals surface area contributed by atoms with Crippen LogP contribution in [0.15, 0.2) is 18.2 Å². The van der Waals surface area contributed by atoms with Gasteiger partial charge in [0.15, 0.2) is 5.13 Å². The van der Waals surface area contributed by atoms with E-state index in [-0.39, 0.29) is 0 Å². The predicted molar refractivity (Wildman–Crippen MR) is 81.3 cm³/mol. The molecule has 0 amide bonds. The van der Waals surface area contributed by atoms with Crippen LogP contribution >= 0.6 is 22.9 Å². The predicted octanol–water partition coefficient (Wildman–Crippen LogP) is 4.18. The highest BCUT2D eigenvalue weighted by atomic mass is 35.5. The van der Waals surface area contributed by atoms with Crippen LogP contribution in [0.4, 0.5) is 5.13 Å². The number of hydrogen-bond donors (Lipinski definition) is 1. The van der Waals surface area contributed by atoms with Gasteiger partial charge < -0.3 is 10.1 Å². The molecule has 1 heterocycles. The molecule has 102 valence electrons. The molecule has 3 rings (SSSR count). The number of aromatic nitrogens is 1. The van der Waals surface area contributed by atoms with Crippen molar-refractivity contribution >= 4 is 38.3 Å². The molecule has 1 aliphatic carbocycles. The first-order valence-electron chi connectivity index (χ1n) is 6.69. The fourth-order valence-corrected chi connectivity index (χ4v) is 3.05. The van der Waals surface area contributed by atoms with E-state index in [1.54, 1.807) is 11.3 Å². The van der Waals surface area contributed by atoms with Crippen LogP contribution in [0.5, 0.6) is 0 Å². The van der Waals surface area contributed by atoms with Crippen molar-refractivity contribution in [1.82, 2.24) is 4.98 Å². The van der Waals surface area contributed by atoms with Crippen LogP contribution in [0.3, 0.4) is 0 Å². The molecule has 0 atom stereocenters. The fourth-order valence-electron chi connectivity index (χ4n) is 1.88. The summed E-state index contributed by atoms with van der Waals surface area (Å²) in [5, 5.41) is 5.06. The van der Waals surface area contributed by atoms with E-state index in [0.717, 1.165) is 52.5 Å². The van der Waals surface area contributed by atoms with E-state index in [2.05, 4.69) is 10.3 Å². The first-order chi connectivity index (χ1) is 9.31. The van der Waals surface area contributed by atoms with Crippen LogP contribution in [-0.2, 0) is 4.74 Å². The molecule has 1 aromatic heterocycles. The van der Waals surface area contributed by atoms with E-state index >= 15 is 0 Å². The molecule has 1 aromatic carbocycles. The lowest BCUT2D eigenvalue weighted by atomic mass is 10.3. The zero-order valence-corrected chi connectivity index (χ0v) is 12.3. The molecule has 5 heteroatoms. The third-order valence-electron chi connectivity index (χ3n) is 3.14. The Morgan fingerprint density at radius 2 is 2.32 bits per heavy atom. The summed E-state index contributed by atoms with van der Waals surface area (Å²) in [7, 11) is 0. The lowest BCUT2D eigenvalue weighted by Gasteiger charge is -2.03. The number of ether oxygens (including phenoxy) is 1. The minimum Gasteiger partial charge on any atom is -0.381 e. The Morgan fingerprint density at radius 3 is 3.16 bits per heavy atom. The van der Waals surface area contributed by atoms with Crippen LogP contribution in [0.2, 0.25) is 5.02 Å². The highest BCUT2D eigenvalue weighted by molar-refractivity contribution is 7.22. The molecule has 0 aliphatic heterocycles. The van der Waals surface area contributed by atoms with Gasteiger partial charge in [0, 0.05) is 24.8 Å². The number of halogens is 1. The van der Waals surface area contributed by atoms with Crippen molar-refractivity contribution in [3.8, 4) is 0 Å². The summed E-state index contributed by atoms with van der Waals surface area (Å²) in [5.74, 6) is 0.849. The molecule has 1 saturated carbocycles. The van der Waals surface area contributed by atoms with Gasteiger partial charge in [-0.05, 0) is 43.4 Å². The maximum absolute atomic E-state index is 5.96. The molecule has 0 bridgehead atoms. The molecule has 1 fully saturated rings. The fraction of sp³-hybridized carbons (Fsp3) is 0.500. The maximum atomic E-state index is 5.96. The molecule has 1 aliphatic rings. The average molecular weight is 297 g/mol. The number of nitrogens with zero attached hydrogens (tertiary/aromatic N) is 1. The van der Waals surface area contributed by atoms with Gasteiger partial charge in [-0.1, -0.05) is 22.9 Å². The molecule has 0 spiro atoms. The zero-order chi connectivity index (χ0) is 13.1. The van der Waals surface area contributed by atoms with Gasteiger partial charge in [-0.25, -0.2) is 4.98 Å². The number of rotatable bonds is 7. The lowest BCUT2D eigenvalue weighted by molar-refractivity contribution is 0.124. The third kappa shape index (κ3) is 3.81. The van der Waals surface area contributed by atoms with Gasteiger partial charge in [-0.2, -0.15) is 0 Å². The second kappa shape index (κ2) is 6.07. The molecule has 0 radical (unpaired) electrons. The van der Waals surface area contributed by atoms with Crippen LogP contribution in [0.1, 0.15) is 19.3 Å². The Morgan fingerprint density at radius 1 is 1.42 bits per heavy atom. The number of fused-ring (bicyclic) bond motifs is 1. The number of nitrogens with one attached hydrogen (secondary N) is 1. The molecular weight excluding hydrogens is 280 g/mol. The smallest absolute Gasteiger partial charge is 0.183 e. The van der Waals surface area contributed by atoms with Crippen LogP contribution < -0.4 is 5.32 Å². The summed E-state index contributed by atoms with van der Waals surface area (Å²) in [5.41, 5.74) is 1.00. The zero-order valence-electron chi connectivity index (χ0n) is 10.7. The summed E-state index contributed by atoms with van der Waals surface area (Å²) in [6.45, 7) is 2.68. The molecule has 1 N–H and O–H groups in total. The summed E-state index contributed by atoms with van der Waals surface area (Å²) < 4.78 is 6.72. The van der Waals surface area contributed by atoms with Gasteiger partial charge in [-0.3, -0.25) is 0 Å². The van der Waals surface area contributed by atoms with E-state index in [1.807, 2.05) is 18.2 Å². The minimum atomic E-state index is 0.760. The average Bonchev–Trinajstić information content (AvgIpc) is 3.13. The van der Waals surface area contributed by atoms with Gasteiger partial charge in [0.05, 0.1) is 10.2 Å². The van der Waals surface area contributed by atoms with E-state index in [4.69, 9.17) is 16.3 Å². The summed E-state index contributed by atoms with van der Waals surface area (Å²) >= 11 is 7.60. The summed E-state index contributed by atoms with van der Waals surface area (Å²) in [4.78, 5) is 4.52. The monoisotopic (exact) mass is 296 g/mol. The van der Waals surface area contributed by atoms with Gasteiger partial charge in [-0.15, -0.1) is 0 Å². The largest absolute Gasteiger partial charge is 0.381 e. The maximum Gasteiger partial charge on any atom is 0.183 e. The van der Waals surface area contributed by atoms with E-state index in [9.17, 15) is 0 Å². The van der Waals surface area contributed by atoms with Crippen molar-refractivity contribution in [3.05, 3.63) is 23.2 Å². The number of anilines is 1. The van der Waals surface area contributed by atoms with Gasteiger partial charge >= 0.3 is 0 Å². The molecule has 2 aromatic rings. The number of hydrogen-bond acceptors (Lipinski definition) is 4. The summed E-state index contributed by atoms with van der Waals surface area (Å²) in [6.07, 6.45) is 3.72. The normalized spacial score (nSPS) is 15.0. The highest BCUT2D eigenvalue weighted by Crippen LogP contribution is 2.29. The summed E-state index contributed by atoms with van der Waals surface area (Å²) in [6, 6.07) is 5.79. The highest BCUT2D eigenvalue weighted by Gasteiger charge is 2.20. The second-order valence-corrected chi connectivity index (χ2v) is 6.40. The molecule has 3 nitrogen and oxygen atoms in total. The Balaban J connectivity index is 1.42. The number of benzene rings is 1. The standard InChI is InChI=1S/C14H17ClN2OS/c15-11-4-5-12-13(8-11)19-14(17-12)16-6-1-7-18-9-10-2-3-10/h4-5,8,10H,1-3,6-7,9H2,(H,16,17). The molecular formula is C14H17ClN2OS. The van der Waals surface area contributed by atoms with Crippen LogP contribution in [0.25, 0.3) is 10.2 Å². The SMILES string of the molecule is Clc1ccc2nc(NCCCOCC3CC3)sc2c1. The Bertz CT molecular complexity index is 553. The van der Waals surface area contributed by atoms with Crippen molar-refractivity contribution in [1.29, 1.82) is 0 Å². The Labute approximate surface area is 121 Å². The quantitative estimate of drug-likeness (QED) is 0.778. The first-order valence-corrected chi connectivity index (χ1v) is 7.88. The Kier molecular flexibility index (Phi) is 4.21. The van der Waals surface area contributed by atoms with Crippen molar-refractivity contribution in [3.63, 3.8) is 0 Å². The third-order valence-corrected chi connectivity index (χ3v) is 4.35. The van der Waals surface area contributed by atoms with E-state index in [0.29, 0.717) is 0 Å². The first kappa shape index (κ1) is 13.2. The van der Waals surface area contributed by atoms with Crippen molar-refractivity contribution in [2.24, 2.45) is 5.92 Å². The van der Waals surface area contributed by atoms with Crippen molar-refractivity contribution in [2.45, 2.75) is 19.3 Å². The van der Waals surface area contributed by atoms with Crippen LogP contribution in [0, 0.1) is 5.92 Å². The minimum absolute atomic E-state index is 0.760. The Hall–Kier alpha value is -0.840. The molecule has 0 unspecified atom stereocenters. The van der Waals surface area contributed by atoms with Crippen molar-refractivity contribution < 1.29 is 4.74 Å². The van der Waals surface area contributed by atoms with E-state index in [1.165, 1.54) is 12.8 Å². The topological polar surface area (TPSA) is 34.2 Å². The lowest BCUT2D eigenvalue weighted by Crippen LogP contribution is -2.06. The molecule has 0 saturated heterocycles. The molecule has 19 heavy (non-hydrogen) atoms. The van der Waals surface area contributed by atoms with Crippen LogP contribution in [-0.4, -0.2) is 24.7 Å².